The van der Waals surface area contributed by atoms with Crippen LogP contribution in [0.2, 0.25) is 0 Å². The third-order valence-electron chi connectivity index (χ3n) is 4.26. The zero-order valence-electron chi connectivity index (χ0n) is 14.9. The minimum absolute atomic E-state index is 0.112. The molecule has 23 heavy (non-hydrogen) atoms. The van der Waals surface area contributed by atoms with Crippen molar-refractivity contribution in [3.8, 4) is 0 Å². The van der Waals surface area contributed by atoms with Gasteiger partial charge in [0.15, 0.2) is 0 Å². The molecule has 5 nitrogen and oxygen atoms in total. The van der Waals surface area contributed by atoms with Crippen molar-refractivity contribution in [3.05, 3.63) is 18.0 Å². The number of aromatic nitrogens is 2. The molecule has 0 saturated carbocycles. The van der Waals surface area contributed by atoms with Crippen LogP contribution < -0.4 is 11.1 Å². The highest BCUT2D eigenvalue weighted by molar-refractivity contribution is 5.94. The number of carbonyl (C=O) groups excluding carboxylic acids is 1. The fourth-order valence-electron chi connectivity index (χ4n) is 2.76. The summed E-state index contributed by atoms with van der Waals surface area (Å²) < 4.78 is 0. The molecule has 1 aromatic heterocycles. The van der Waals surface area contributed by atoms with E-state index in [9.17, 15) is 4.79 Å². The Morgan fingerprint density at radius 1 is 1.04 bits per heavy atom. The highest BCUT2D eigenvalue weighted by Gasteiger charge is 2.26. The number of nitrogens with one attached hydrogen (secondary N) is 1. The number of amides is 1. The first-order valence-corrected chi connectivity index (χ1v) is 8.91. The fraction of sp³-hybridized carbons (Fsp3) is 0.722. The molecule has 5 heteroatoms. The number of carbonyl (C=O) groups is 1. The molecular formula is C18H32N4O. The lowest BCUT2D eigenvalue weighted by molar-refractivity contribution is 0.0892. The number of anilines is 1. The van der Waals surface area contributed by atoms with Crippen LogP contribution in [0.3, 0.4) is 0 Å². The standard InChI is InChI=1S/C18H32N4O/c1-4-6-8-10-12-18(3,11-9-7-5-2)22-16(23)15-13-20-17(19)21-14-15/h13-14H,4-12H2,1-3H3,(H,22,23)(H2,19,20,21). The van der Waals surface area contributed by atoms with E-state index in [4.69, 9.17) is 5.73 Å². The third-order valence-corrected chi connectivity index (χ3v) is 4.26. The van der Waals surface area contributed by atoms with Crippen molar-refractivity contribution < 1.29 is 4.79 Å². The highest BCUT2D eigenvalue weighted by Crippen LogP contribution is 2.23. The second kappa shape index (κ2) is 10.2. The maximum absolute atomic E-state index is 12.5. The molecule has 0 saturated heterocycles. The third kappa shape index (κ3) is 7.44. The Morgan fingerprint density at radius 3 is 2.13 bits per heavy atom. The fourth-order valence-corrected chi connectivity index (χ4v) is 2.76. The van der Waals surface area contributed by atoms with Crippen molar-refractivity contribution >= 4 is 11.9 Å². The Hall–Kier alpha value is -1.65. The van der Waals surface area contributed by atoms with E-state index in [0.29, 0.717) is 5.56 Å². The normalized spacial score (nSPS) is 13.5. The van der Waals surface area contributed by atoms with Crippen molar-refractivity contribution in [2.45, 2.75) is 84.1 Å². The van der Waals surface area contributed by atoms with Crippen LogP contribution in [0.1, 0.15) is 88.9 Å². The molecule has 0 aromatic carbocycles. The second-order valence-corrected chi connectivity index (χ2v) is 6.61. The lowest BCUT2D eigenvalue weighted by atomic mass is 9.88. The zero-order chi connectivity index (χ0) is 17.1. The van der Waals surface area contributed by atoms with Crippen molar-refractivity contribution in [2.24, 2.45) is 0 Å². The van der Waals surface area contributed by atoms with Crippen LogP contribution in [-0.4, -0.2) is 21.4 Å². The van der Waals surface area contributed by atoms with Crippen molar-refractivity contribution in [2.75, 3.05) is 5.73 Å². The Labute approximate surface area is 140 Å². The summed E-state index contributed by atoms with van der Waals surface area (Å²) in [5.41, 5.74) is 5.78. The molecule has 1 rings (SSSR count). The van der Waals surface area contributed by atoms with Gasteiger partial charge in [0, 0.05) is 17.9 Å². The molecule has 1 unspecified atom stereocenters. The molecular weight excluding hydrogens is 288 g/mol. The summed E-state index contributed by atoms with van der Waals surface area (Å²) in [7, 11) is 0. The number of hydrogen-bond donors (Lipinski definition) is 2. The summed E-state index contributed by atoms with van der Waals surface area (Å²) in [5.74, 6) is 0.0753. The largest absolute Gasteiger partial charge is 0.368 e. The van der Waals surface area contributed by atoms with Gasteiger partial charge in [-0.2, -0.15) is 0 Å². The predicted molar refractivity (Wildman–Crippen MR) is 95.2 cm³/mol. The number of rotatable bonds is 11. The first kappa shape index (κ1) is 19.4. The topological polar surface area (TPSA) is 80.9 Å². The summed E-state index contributed by atoms with van der Waals surface area (Å²) in [6.07, 6.45) is 13.4. The van der Waals surface area contributed by atoms with Crippen LogP contribution in [0, 0.1) is 0 Å². The number of hydrogen-bond acceptors (Lipinski definition) is 4. The molecule has 0 fully saturated rings. The quantitative estimate of drug-likeness (QED) is 0.601. The van der Waals surface area contributed by atoms with Gasteiger partial charge in [-0.15, -0.1) is 0 Å². The van der Waals surface area contributed by atoms with Gasteiger partial charge in [-0.05, 0) is 19.8 Å². The van der Waals surface area contributed by atoms with Crippen LogP contribution in [0.15, 0.2) is 12.4 Å². The zero-order valence-corrected chi connectivity index (χ0v) is 14.9. The Bertz CT molecular complexity index is 461. The van der Waals surface area contributed by atoms with Crippen LogP contribution in [0.25, 0.3) is 0 Å². The maximum atomic E-state index is 12.5. The summed E-state index contributed by atoms with van der Waals surface area (Å²) >= 11 is 0. The van der Waals surface area contributed by atoms with Crippen LogP contribution >= 0.6 is 0 Å². The van der Waals surface area contributed by atoms with Crippen molar-refractivity contribution in [3.63, 3.8) is 0 Å². The van der Waals surface area contributed by atoms with Crippen molar-refractivity contribution in [1.82, 2.24) is 15.3 Å². The average molecular weight is 320 g/mol. The van der Waals surface area contributed by atoms with Gasteiger partial charge in [0.25, 0.3) is 5.91 Å². The summed E-state index contributed by atoms with van der Waals surface area (Å²) in [6.45, 7) is 6.57. The smallest absolute Gasteiger partial charge is 0.254 e. The molecule has 1 heterocycles. The van der Waals surface area contributed by atoms with Gasteiger partial charge in [-0.25, -0.2) is 9.97 Å². The van der Waals surface area contributed by atoms with E-state index in [1.807, 2.05) is 0 Å². The highest BCUT2D eigenvalue weighted by atomic mass is 16.1. The number of unbranched alkanes of at least 4 members (excludes halogenated alkanes) is 5. The monoisotopic (exact) mass is 320 g/mol. The van der Waals surface area contributed by atoms with E-state index in [1.54, 1.807) is 0 Å². The molecule has 1 aromatic rings. The first-order chi connectivity index (χ1) is 11.0. The Morgan fingerprint density at radius 2 is 1.57 bits per heavy atom. The van der Waals surface area contributed by atoms with E-state index < -0.39 is 0 Å². The van der Waals surface area contributed by atoms with Gasteiger partial charge in [0.2, 0.25) is 5.95 Å². The molecule has 1 amide bonds. The lowest BCUT2D eigenvalue weighted by Gasteiger charge is -2.31. The molecule has 130 valence electrons. The van der Waals surface area contributed by atoms with Gasteiger partial charge in [-0.1, -0.05) is 58.8 Å². The minimum atomic E-state index is -0.165. The summed E-state index contributed by atoms with van der Waals surface area (Å²) in [5, 5.41) is 3.21. The molecule has 0 radical (unpaired) electrons. The molecule has 0 aliphatic heterocycles. The molecule has 3 N–H and O–H groups in total. The number of nitrogen functional groups attached to an aromatic ring is 1. The van der Waals surface area contributed by atoms with Crippen LogP contribution in [-0.2, 0) is 0 Å². The Balaban J connectivity index is 2.65. The first-order valence-electron chi connectivity index (χ1n) is 8.91. The lowest BCUT2D eigenvalue weighted by Crippen LogP contribution is -2.46. The SMILES string of the molecule is CCCCCCC(C)(CCCCC)NC(=O)c1cnc(N)nc1. The minimum Gasteiger partial charge on any atom is -0.368 e. The van der Waals surface area contributed by atoms with Crippen molar-refractivity contribution in [1.29, 1.82) is 0 Å². The number of nitrogens with two attached hydrogens (primary N) is 1. The second-order valence-electron chi connectivity index (χ2n) is 6.61. The van der Waals surface area contributed by atoms with E-state index in [1.165, 1.54) is 44.5 Å². The van der Waals surface area contributed by atoms with E-state index in [0.717, 1.165) is 25.7 Å². The Kier molecular flexibility index (Phi) is 8.59. The average Bonchev–Trinajstić information content (AvgIpc) is 2.52. The van der Waals surface area contributed by atoms with E-state index >= 15 is 0 Å². The molecule has 0 bridgehead atoms. The molecule has 0 spiro atoms. The molecule has 0 aliphatic rings. The predicted octanol–water partition coefficient (Wildman–Crippen LogP) is 4.10. The summed E-state index contributed by atoms with van der Waals surface area (Å²) in [6, 6.07) is 0. The van der Waals surface area contributed by atoms with Gasteiger partial charge in [0.05, 0.1) is 5.56 Å². The number of nitrogens with zero attached hydrogens (tertiary/aromatic N) is 2. The van der Waals surface area contributed by atoms with Gasteiger partial charge >= 0.3 is 0 Å². The van der Waals surface area contributed by atoms with E-state index in [-0.39, 0.29) is 17.4 Å². The summed E-state index contributed by atoms with van der Waals surface area (Å²) in [4.78, 5) is 20.3. The molecule has 1 atom stereocenters. The van der Waals surface area contributed by atoms with Gasteiger partial charge in [-0.3, -0.25) is 4.79 Å². The van der Waals surface area contributed by atoms with Gasteiger partial charge < -0.3 is 11.1 Å². The van der Waals surface area contributed by atoms with Gasteiger partial charge in [0.1, 0.15) is 0 Å². The van der Waals surface area contributed by atoms with Crippen LogP contribution in [0.5, 0.6) is 0 Å². The maximum Gasteiger partial charge on any atom is 0.254 e. The van der Waals surface area contributed by atoms with E-state index in [2.05, 4.69) is 36.1 Å². The van der Waals surface area contributed by atoms with Crippen LogP contribution in [0.4, 0.5) is 5.95 Å². The molecule has 0 aliphatic carbocycles.